The van der Waals surface area contributed by atoms with Crippen molar-refractivity contribution in [3.05, 3.63) is 71.3 Å². The predicted molar refractivity (Wildman–Crippen MR) is 129 cm³/mol. The maximum Gasteiger partial charge on any atom is 0.410 e. The molecule has 1 N–H and O–H groups in total. The van der Waals surface area contributed by atoms with Crippen LogP contribution in [0.1, 0.15) is 36.8 Å². The second-order valence-corrected chi connectivity index (χ2v) is 11.2. The second-order valence-electron chi connectivity index (χ2n) is 8.96. The molecule has 172 valence electrons. The molecule has 1 heterocycles. The van der Waals surface area contributed by atoms with Crippen molar-refractivity contribution in [1.29, 1.82) is 0 Å². The predicted octanol–water partition coefficient (Wildman–Crippen LogP) is 5.48. The highest BCUT2D eigenvalue weighted by atomic mass is 127. The molecule has 0 radical (unpaired) electrons. The highest BCUT2D eigenvalue weighted by Crippen LogP contribution is 2.35. The van der Waals surface area contributed by atoms with Crippen LogP contribution in [0, 0.1) is 17.6 Å². The van der Waals surface area contributed by atoms with E-state index >= 15 is 0 Å². The molecular formula is C25H29F2IN2O2. The normalized spacial score (nSPS) is 22.3. The number of likely N-dealkylation sites (tertiary alicyclic amines) is 1. The van der Waals surface area contributed by atoms with Gasteiger partial charge in [0.1, 0.15) is 6.61 Å². The van der Waals surface area contributed by atoms with Gasteiger partial charge < -0.3 is 15.0 Å². The van der Waals surface area contributed by atoms with Crippen LogP contribution in [0.2, 0.25) is 0 Å². The van der Waals surface area contributed by atoms with Gasteiger partial charge in [-0.3, -0.25) is 0 Å². The highest BCUT2D eigenvalue weighted by molar-refractivity contribution is 14.1. The number of carbonyl (C=O) groups excluding carboxylic acids is 1. The Balaban J connectivity index is 1.19. The molecule has 1 aliphatic heterocycles. The lowest BCUT2D eigenvalue weighted by Gasteiger charge is -2.42. The SMILES string of the molecule is O=C(OCc1ccccc1)N1CCC(I)(CNC2CCC2Cc2ccc(F)c(F)c2)CC1. The van der Waals surface area contributed by atoms with E-state index in [1.165, 1.54) is 12.1 Å². The lowest BCUT2D eigenvalue weighted by Crippen LogP contribution is -2.53. The number of amides is 1. The summed E-state index contributed by atoms with van der Waals surface area (Å²) < 4.78 is 32.2. The molecule has 2 aliphatic rings. The first kappa shape index (κ1) is 23.4. The molecule has 4 rings (SSSR count). The third-order valence-electron chi connectivity index (χ3n) is 6.70. The van der Waals surface area contributed by atoms with E-state index in [0.29, 0.717) is 31.7 Å². The van der Waals surface area contributed by atoms with Crippen molar-refractivity contribution in [3.8, 4) is 0 Å². The summed E-state index contributed by atoms with van der Waals surface area (Å²) in [5, 5.41) is 3.71. The Morgan fingerprint density at radius 1 is 1.06 bits per heavy atom. The second kappa shape index (κ2) is 10.5. The first-order valence-electron chi connectivity index (χ1n) is 11.2. The smallest absolute Gasteiger partial charge is 0.410 e. The zero-order valence-electron chi connectivity index (χ0n) is 18.0. The molecule has 1 saturated carbocycles. The monoisotopic (exact) mass is 554 g/mol. The number of rotatable bonds is 7. The van der Waals surface area contributed by atoms with Gasteiger partial charge in [-0.1, -0.05) is 59.0 Å². The fourth-order valence-electron chi connectivity index (χ4n) is 4.44. The quantitative estimate of drug-likeness (QED) is 0.364. The Morgan fingerprint density at radius 3 is 2.47 bits per heavy atom. The fraction of sp³-hybridized carbons (Fsp3) is 0.480. The number of ether oxygens (including phenoxy) is 1. The van der Waals surface area contributed by atoms with E-state index in [1.807, 2.05) is 30.3 Å². The van der Waals surface area contributed by atoms with Crippen LogP contribution in [-0.4, -0.2) is 40.1 Å². The maximum absolute atomic E-state index is 13.5. The van der Waals surface area contributed by atoms with Crippen LogP contribution in [0.3, 0.4) is 0 Å². The Morgan fingerprint density at radius 2 is 1.81 bits per heavy atom. The average Bonchev–Trinajstić information content (AvgIpc) is 2.78. The molecule has 0 bridgehead atoms. The van der Waals surface area contributed by atoms with E-state index in [-0.39, 0.29) is 9.51 Å². The van der Waals surface area contributed by atoms with Crippen LogP contribution in [0.15, 0.2) is 48.5 Å². The average molecular weight is 554 g/mol. The topological polar surface area (TPSA) is 41.6 Å². The lowest BCUT2D eigenvalue weighted by atomic mass is 9.75. The number of hydrogen-bond acceptors (Lipinski definition) is 3. The number of halogens is 3. The van der Waals surface area contributed by atoms with Crippen molar-refractivity contribution in [2.45, 2.75) is 48.2 Å². The van der Waals surface area contributed by atoms with Crippen molar-refractivity contribution >= 4 is 28.7 Å². The van der Waals surface area contributed by atoms with Gasteiger partial charge in [0.25, 0.3) is 0 Å². The molecule has 2 fully saturated rings. The van der Waals surface area contributed by atoms with E-state index in [1.54, 1.807) is 11.0 Å². The summed E-state index contributed by atoms with van der Waals surface area (Å²) in [6.07, 6.45) is 4.57. The van der Waals surface area contributed by atoms with Crippen molar-refractivity contribution in [2.75, 3.05) is 19.6 Å². The van der Waals surface area contributed by atoms with Gasteiger partial charge in [0.05, 0.1) is 0 Å². The Bertz CT molecular complexity index is 919. The van der Waals surface area contributed by atoms with E-state index < -0.39 is 11.6 Å². The summed E-state index contributed by atoms with van der Waals surface area (Å²) in [7, 11) is 0. The molecular weight excluding hydrogens is 525 g/mol. The summed E-state index contributed by atoms with van der Waals surface area (Å²) in [6.45, 7) is 2.58. The van der Waals surface area contributed by atoms with Crippen molar-refractivity contribution in [2.24, 2.45) is 5.92 Å². The van der Waals surface area contributed by atoms with E-state index in [9.17, 15) is 13.6 Å². The molecule has 2 aromatic rings. The molecule has 2 atom stereocenters. The summed E-state index contributed by atoms with van der Waals surface area (Å²) in [6, 6.07) is 14.3. The van der Waals surface area contributed by atoms with Crippen LogP contribution in [-0.2, 0) is 17.8 Å². The van der Waals surface area contributed by atoms with Gasteiger partial charge in [-0.2, -0.15) is 0 Å². The minimum atomic E-state index is -0.792. The zero-order chi connectivity index (χ0) is 22.6. The van der Waals surface area contributed by atoms with Crippen LogP contribution in [0.25, 0.3) is 0 Å². The number of piperidine rings is 1. The third-order valence-corrected chi connectivity index (χ3v) is 8.16. The summed E-state index contributed by atoms with van der Waals surface area (Å²) in [4.78, 5) is 14.2. The Kier molecular flexibility index (Phi) is 7.66. The van der Waals surface area contributed by atoms with Gasteiger partial charge >= 0.3 is 6.09 Å². The number of alkyl halides is 1. The van der Waals surface area contributed by atoms with Crippen LogP contribution in [0.5, 0.6) is 0 Å². The molecule has 1 amide bonds. The van der Waals surface area contributed by atoms with E-state index in [4.69, 9.17) is 4.74 Å². The van der Waals surface area contributed by atoms with E-state index in [0.717, 1.165) is 49.8 Å². The maximum atomic E-state index is 13.5. The van der Waals surface area contributed by atoms with Gasteiger partial charge in [0.2, 0.25) is 0 Å². The number of carbonyl (C=O) groups is 1. The standard InChI is InChI=1S/C25H29F2IN2O2/c26-21-8-6-19(15-22(21)27)14-20-7-9-23(20)29-17-25(28)10-12-30(13-11-25)24(31)32-16-18-4-2-1-3-5-18/h1-6,8,15,20,23,29H,7,9-14,16-17H2. The molecule has 4 nitrogen and oxygen atoms in total. The minimum Gasteiger partial charge on any atom is -0.445 e. The zero-order valence-corrected chi connectivity index (χ0v) is 20.2. The van der Waals surface area contributed by atoms with Crippen molar-refractivity contribution in [3.63, 3.8) is 0 Å². The van der Waals surface area contributed by atoms with E-state index in [2.05, 4.69) is 27.9 Å². The molecule has 7 heteroatoms. The number of hydrogen-bond donors (Lipinski definition) is 1. The Labute approximate surface area is 201 Å². The fourth-order valence-corrected chi connectivity index (χ4v) is 5.15. The lowest BCUT2D eigenvalue weighted by molar-refractivity contribution is 0.0852. The molecule has 32 heavy (non-hydrogen) atoms. The number of benzene rings is 2. The molecule has 0 aromatic heterocycles. The first-order valence-corrected chi connectivity index (χ1v) is 12.3. The van der Waals surface area contributed by atoms with Gasteiger partial charge in [0.15, 0.2) is 11.6 Å². The molecule has 1 saturated heterocycles. The van der Waals surface area contributed by atoms with Crippen LogP contribution in [0.4, 0.5) is 13.6 Å². The molecule has 2 aromatic carbocycles. The molecule has 1 aliphatic carbocycles. The van der Waals surface area contributed by atoms with Gasteiger partial charge in [-0.25, -0.2) is 13.6 Å². The molecule has 2 unspecified atom stereocenters. The summed E-state index contributed by atoms with van der Waals surface area (Å²) >= 11 is 2.53. The molecule has 0 spiro atoms. The van der Waals surface area contributed by atoms with Gasteiger partial charge in [-0.05, 0) is 61.3 Å². The highest BCUT2D eigenvalue weighted by Gasteiger charge is 2.37. The summed E-state index contributed by atoms with van der Waals surface area (Å²) in [5.74, 6) is -1.11. The van der Waals surface area contributed by atoms with Crippen LogP contribution < -0.4 is 5.32 Å². The van der Waals surface area contributed by atoms with Gasteiger partial charge in [0, 0.05) is 29.1 Å². The van der Waals surface area contributed by atoms with Gasteiger partial charge in [-0.15, -0.1) is 0 Å². The van der Waals surface area contributed by atoms with Crippen molar-refractivity contribution in [1.82, 2.24) is 10.2 Å². The Hall–Kier alpha value is -1.74. The van der Waals surface area contributed by atoms with Crippen LogP contribution >= 0.6 is 22.6 Å². The third kappa shape index (κ3) is 5.98. The first-order chi connectivity index (χ1) is 15.4. The summed E-state index contributed by atoms with van der Waals surface area (Å²) in [5.41, 5.74) is 1.84. The largest absolute Gasteiger partial charge is 0.445 e. The number of nitrogens with one attached hydrogen (secondary N) is 1. The number of nitrogens with zero attached hydrogens (tertiary/aromatic N) is 1. The van der Waals surface area contributed by atoms with Crippen molar-refractivity contribution < 1.29 is 18.3 Å². The minimum absolute atomic E-state index is 0.107.